The van der Waals surface area contributed by atoms with Crippen LogP contribution in [0.3, 0.4) is 0 Å². The Hall–Kier alpha value is -0.910. The second kappa shape index (κ2) is 5.82. The molecule has 1 aliphatic rings. The van der Waals surface area contributed by atoms with Gasteiger partial charge in [0.25, 0.3) is 0 Å². The third-order valence-electron chi connectivity index (χ3n) is 3.79. The SMILES string of the molecule is Cc1nc(CN2CCOC(CCN)C2)n(C)c1C. The van der Waals surface area contributed by atoms with Gasteiger partial charge < -0.3 is 15.0 Å². The van der Waals surface area contributed by atoms with E-state index in [9.17, 15) is 0 Å². The highest BCUT2D eigenvalue weighted by atomic mass is 16.5. The molecule has 1 fully saturated rings. The topological polar surface area (TPSA) is 56.3 Å². The fourth-order valence-electron chi connectivity index (χ4n) is 2.41. The van der Waals surface area contributed by atoms with Gasteiger partial charge in [0, 0.05) is 25.8 Å². The van der Waals surface area contributed by atoms with Gasteiger partial charge in [0.1, 0.15) is 5.82 Å². The highest BCUT2D eigenvalue weighted by Crippen LogP contribution is 2.14. The number of imidazole rings is 1. The Kier molecular flexibility index (Phi) is 4.37. The van der Waals surface area contributed by atoms with E-state index in [1.807, 2.05) is 0 Å². The van der Waals surface area contributed by atoms with Crippen LogP contribution in [0.5, 0.6) is 0 Å². The summed E-state index contributed by atoms with van der Waals surface area (Å²) in [6.07, 6.45) is 1.22. The van der Waals surface area contributed by atoms with Crippen molar-refractivity contribution in [3.8, 4) is 0 Å². The predicted molar refractivity (Wildman–Crippen MR) is 71.4 cm³/mol. The van der Waals surface area contributed by atoms with Gasteiger partial charge in [-0.3, -0.25) is 4.90 Å². The maximum atomic E-state index is 5.70. The quantitative estimate of drug-likeness (QED) is 0.852. The maximum absolute atomic E-state index is 5.70. The van der Waals surface area contributed by atoms with Crippen LogP contribution in [0.25, 0.3) is 0 Å². The van der Waals surface area contributed by atoms with E-state index < -0.39 is 0 Å². The number of nitrogens with zero attached hydrogens (tertiary/aromatic N) is 3. The van der Waals surface area contributed by atoms with E-state index in [1.165, 1.54) is 5.69 Å². The average molecular weight is 252 g/mol. The van der Waals surface area contributed by atoms with Crippen LogP contribution in [0.15, 0.2) is 0 Å². The van der Waals surface area contributed by atoms with Crippen LogP contribution in [0.2, 0.25) is 0 Å². The Morgan fingerprint density at radius 1 is 1.44 bits per heavy atom. The molecular weight excluding hydrogens is 228 g/mol. The first-order valence-corrected chi connectivity index (χ1v) is 6.64. The molecule has 0 amide bonds. The number of rotatable bonds is 4. The normalized spacial score (nSPS) is 21.4. The van der Waals surface area contributed by atoms with Crippen LogP contribution in [0.1, 0.15) is 23.6 Å². The highest BCUT2D eigenvalue weighted by molar-refractivity contribution is 5.13. The molecule has 1 aliphatic heterocycles. The van der Waals surface area contributed by atoms with E-state index in [0.29, 0.717) is 6.54 Å². The molecule has 102 valence electrons. The fourth-order valence-corrected chi connectivity index (χ4v) is 2.41. The average Bonchev–Trinajstić information content (AvgIpc) is 2.58. The summed E-state index contributed by atoms with van der Waals surface area (Å²) in [7, 11) is 2.09. The molecule has 2 heterocycles. The van der Waals surface area contributed by atoms with Crippen molar-refractivity contribution in [2.75, 3.05) is 26.2 Å². The lowest BCUT2D eigenvalue weighted by molar-refractivity contribution is -0.0344. The highest BCUT2D eigenvalue weighted by Gasteiger charge is 2.21. The van der Waals surface area contributed by atoms with E-state index >= 15 is 0 Å². The molecule has 0 radical (unpaired) electrons. The molecule has 1 aromatic rings. The minimum absolute atomic E-state index is 0.284. The Morgan fingerprint density at radius 3 is 2.83 bits per heavy atom. The molecular formula is C13H24N4O. The number of nitrogens with two attached hydrogens (primary N) is 1. The zero-order valence-electron chi connectivity index (χ0n) is 11.6. The second-order valence-corrected chi connectivity index (χ2v) is 5.06. The smallest absolute Gasteiger partial charge is 0.123 e. The van der Waals surface area contributed by atoms with Crippen molar-refractivity contribution in [1.29, 1.82) is 0 Å². The largest absolute Gasteiger partial charge is 0.376 e. The molecule has 1 unspecified atom stereocenters. The van der Waals surface area contributed by atoms with Crippen LogP contribution in [0, 0.1) is 13.8 Å². The lowest BCUT2D eigenvalue weighted by Crippen LogP contribution is -2.43. The van der Waals surface area contributed by atoms with Gasteiger partial charge in [0.05, 0.1) is 24.9 Å². The van der Waals surface area contributed by atoms with E-state index in [4.69, 9.17) is 10.5 Å². The van der Waals surface area contributed by atoms with Crippen LogP contribution >= 0.6 is 0 Å². The molecule has 1 aromatic heterocycles. The summed E-state index contributed by atoms with van der Waals surface area (Å²) in [6.45, 7) is 8.51. The van der Waals surface area contributed by atoms with Crippen molar-refractivity contribution >= 4 is 0 Å². The Balaban J connectivity index is 1.98. The van der Waals surface area contributed by atoms with Crippen molar-refractivity contribution in [3.05, 3.63) is 17.2 Å². The molecule has 2 rings (SSSR count). The fraction of sp³-hybridized carbons (Fsp3) is 0.769. The van der Waals surface area contributed by atoms with Gasteiger partial charge in [-0.1, -0.05) is 0 Å². The molecule has 5 nitrogen and oxygen atoms in total. The van der Waals surface area contributed by atoms with Crippen LogP contribution < -0.4 is 5.73 Å². The monoisotopic (exact) mass is 252 g/mol. The van der Waals surface area contributed by atoms with E-state index in [1.54, 1.807) is 0 Å². The predicted octanol–water partition coefficient (Wildman–Crippen LogP) is 0.587. The van der Waals surface area contributed by atoms with Crippen molar-refractivity contribution in [2.45, 2.75) is 32.9 Å². The second-order valence-electron chi connectivity index (χ2n) is 5.06. The van der Waals surface area contributed by atoms with Gasteiger partial charge in [0.15, 0.2) is 0 Å². The van der Waals surface area contributed by atoms with Gasteiger partial charge >= 0.3 is 0 Å². The third-order valence-corrected chi connectivity index (χ3v) is 3.79. The number of aromatic nitrogens is 2. The third kappa shape index (κ3) is 2.91. The number of aryl methyl sites for hydroxylation is 1. The molecule has 0 aromatic carbocycles. The van der Waals surface area contributed by atoms with E-state index in [2.05, 4.69) is 35.3 Å². The van der Waals surface area contributed by atoms with Crippen molar-refractivity contribution in [3.63, 3.8) is 0 Å². The summed E-state index contributed by atoms with van der Waals surface area (Å²) < 4.78 is 7.88. The van der Waals surface area contributed by atoms with Gasteiger partial charge in [0.2, 0.25) is 0 Å². The zero-order chi connectivity index (χ0) is 13.1. The number of hydrogen-bond acceptors (Lipinski definition) is 4. The van der Waals surface area contributed by atoms with Gasteiger partial charge in [-0.15, -0.1) is 0 Å². The maximum Gasteiger partial charge on any atom is 0.123 e. The van der Waals surface area contributed by atoms with Crippen molar-refractivity contribution in [1.82, 2.24) is 14.5 Å². The number of ether oxygens (including phenoxy) is 1. The lowest BCUT2D eigenvalue weighted by Gasteiger charge is -2.32. The minimum atomic E-state index is 0.284. The van der Waals surface area contributed by atoms with E-state index in [-0.39, 0.29) is 6.10 Å². The lowest BCUT2D eigenvalue weighted by atomic mass is 10.2. The number of hydrogen-bond donors (Lipinski definition) is 1. The summed E-state index contributed by atoms with van der Waals surface area (Å²) in [5.41, 5.74) is 7.96. The molecule has 2 N–H and O–H groups in total. The summed E-state index contributed by atoms with van der Waals surface area (Å²) in [6, 6.07) is 0. The van der Waals surface area contributed by atoms with Crippen molar-refractivity contribution < 1.29 is 4.74 Å². The van der Waals surface area contributed by atoms with Gasteiger partial charge in [-0.25, -0.2) is 4.98 Å². The van der Waals surface area contributed by atoms with Gasteiger partial charge in [-0.05, 0) is 26.8 Å². The first kappa shape index (κ1) is 13.5. The first-order chi connectivity index (χ1) is 8.61. The zero-order valence-corrected chi connectivity index (χ0v) is 11.6. The van der Waals surface area contributed by atoms with E-state index in [0.717, 1.165) is 44.2 Å². The van der Waals surface area contributed by atoms with Crippen LogP contribution in [-0.2, 0) is 18.3 Å². The summed E-state index contributed by atoms with van der Waals surface area (Å²) in [5, 5.41) is 0. The molecule has 0 bridgehead atoms. The van der Waals surface area contributed by atoms with Crippen LogP contribution in [0.4, 0.5) is 0 Å². The molecule has 18 heavy (non-hydrogen) atoms. The first-order valence-electron chi connectivity index (χ1n) is 6.64. The molecule has 1 saturated heterocycles. The molecule has 0 spiro atoms. The molecule has 5 heteroatoms. The molecule has 0 saturated carbocycles. The minimum Gasteiger partial charge on any atom is -0.376 e. The van der Waals surface area contributed by atoms with Crippen LogP contribution in [-0.4, -0.2) is 46.8 Å². The Bertz CT molecular complexity index is 400. The Labute approximate surface area is 109 Å². The summed E-state index contributed by atoms with van der Waals surface area (Å²) in [4.78, 5) is 7.04. The summed E-state index contributed by atoms with van der Waals surface area (Å²) >= 11 is 0. The summed E-state index contributed by atoms with van der Waals surface area (Å²) in [5.74, 6) is 1.14. The van der Waals surface area contributed by atoms with Gasteiger partial charge in [-0.2, -0.15) is 0 Å². The van der Waals surface area contributed by atoms with Crippen molar-refractivity contribution in [2.24, 2.45) is 12.8 Å². The number of morpholine rings is 1. The Morgan fingerprint density at radius 2 is 2.22 bits per heavy atom. The molecule has 0 aliphatic carbocycles. The molecule has 1 atom stereocenters. The standard InChI is InChI=1S/C13H24N4O/c1-10-11(2)16(3)13(15-10)9-17-6-7-18-12(8-17)4-5-14/h12H,4-9,14H2,1-3H3.